The van der Waals surface area contributed by atoms with Gasteiger partial charge in [-0.3, -0.25) is 0 Å². The van der Waals surface area contributed by atoms with Crippen molar-refractivity contribution in [2.24, 2.45) is 0 Å². The molecule has 2 heteroatoms. The molecule has 2 unspecified atom stereocenters. The van der Waals surface area contributed by atoms with E-state index < -0.39 is 16.1 Å². The highest BCUT2D eigenvalue weighted by molar-refractivity contribution is 7.05. The number of benzene rings is 1. The minimum absolute atomic E-state index is 1.01. The van der Waals surface area contributed by atoms with Gasteiger partial charge in [-0.1, -0.05) is 41.6 Å². The Morgan fingerprint density at radius 2 is 1.53 bits per heavy atom. The van der Waals surface area contributed by atoms with Gasteiger partial charge in [-0.15, -0.1) is 0 Å². The predicted molar refractivity (Wildman–Crippen MR) is 80.3 cm³/mol. The lowest BCUT2D eigenvalue weighted by atomic mass is 10.0. The summed E-state index contributed by atoms with van der Waals surface area (Å²) < 4.78 is 0. The molecular formula is C15H22Si2. The van der Waals surface area contributed by atoms with Gasteiger partial charge in [0.05, 0.1) is 16.1 Å². The first-order chi connectivity index (χ1) is 8.04. The average molecular weight is 259 g/mol. The van der Waals surface area contributed by atoms with Crippen LogP contribution in [0.4, 0.5) is 0 Å². The van der Waals surface area contributed by atoms with Gasteiger partial charge in [-0.05, 0) is 48.5 Å². The summed E-state index contributed by atoms with van der Waals surface area (Å²) in [5.41, 5.74) is 5.24. The summed E-state index contributed by atoms with van der Waals surface area (Å²) in [6.07, 6.45) is 2.83. The second-order valence-electron chi connectivity index (χ2n) is 7.20. The SMILES string of the molecule is Cc1cc2c3c4c1CC[Si]4(C)CC[Si]3(C)CC2. The maximum absolute atomic E-state index is 2.69. The molecule has 3 heterocycles. The van der Waals surface area contributed by atoms with Crippen molar-refractivity contribution in [1.82, 2.24) is 0 Å². The summed E-state index contributed by atoms with van der Waals surface area (Å²) in [5, 5.41) is 4.00. The first kappa shape index (κ1) is 10.6. The topological polar surface area (TPSA) is 0 Å². The molecule has 3 aliphatic rings. The number of hydrogen-bond acceptors (Lipinski definition) is 0. The van der Waals surface area contributed by atoms with Crippen LogP contribution in [0, 0.1) is 6.92 Å². The number of rotatable bonds is 0. The zero-order chi connectivity index (χ0) is 11.8. The summed E-state index contributed by atoms with van der Waals surface area (Å²) in [6.45, 7) is 7.74. The van der Waals surface area contributed by atoms with E-state index in [1.54, 1.807) is 35.3 Å². The monoisotopic (exact) mass is 258 g/mol. The van der Waals surface area contributed by atoms with Crippen LogP contribution in [-0.2, 0) is 12.8 Å². The Morgan fingerprint density at radius 1 is 0.882 bits per heavy atom. The van der Waals surface area contributed by atoms with E-state index in [-0.39, 0.29) is 0 Å². The standard InChI is InChI=1S/C15H22Si2/c1-11-10-12-4-6-16(2)8-9-17(3)7-5-13(11)15(17)14(12)16/h10H,4-9H2,1-3H3. The third-order valence-corrected chi connectivity index (χ3v) is 15.7. The Balaban J connectivity index is 2.13. The predicted octanol–water partition coefficient (Wildman–Crippen LogP) is 2.69. The second-order valence-corrected chi connectivity index (χ2v) is 16.4. The zero-order valence-electron chi connectivity index (χ0n) is 11.3. The lowest BCUT2D eigenvalue weighted by Gasteiger charge is -2.39. The molecule has 90 valence electrons. The van der Waals surface area contributed by atoms with Gasteiger partial charge in [0.1, 0.15) is 0 Å². The van der Waals surface area contributed by atoms with Crippen LogP contribution in [0.5, 0.6) is 0 Å². The highest BCUT2D eigenvalue weighted by atomic mass is 28.3. The van der Waals surface area contributed by atoms with E-state index in [0.717, 1.165) is 0 Å². The van der Waals surface area contributed by atoms with Crippen molar-refractivity contribution in [1.29, 1.82) is 0 Å². The lowest BCUT2D eigenvalue weighted by Crippen LogP contribution is -2.63. The second kappa shape index (κ2) is 2.97. The molecule has 0 fully saturated rings. The van der Waals surface area contributed by atoms with Crippen LogP contribution >= 0.6 is 0 Å². The molecule has 0 aliphatic carbocycles. The Kier molecular flexibility index (Phi) is 1.84. The first-order valence-corrected chi connectivity index (χ1v) is 13.0. The fourth-order valence-corrected chi connectivity index (χ4v) is 17.8. The summed E-state index contributed by atoms with van der Waals surface area (Å²) in [5.74, 6) is 0. The smallest absolute Gasteiger partial charge is 0.0652 e. The zero-order valence-corrected chi connectivity index (χ0v) is 13.3. The molecule has 0 spiro atoms. The van der Waals surface area contributed by atoms with Gasteiger partial charge in [0.15, 0.2) is 0 Å². The van der Waals surface area contributed by atoms with E-state index in [1.807, 2.05) is 15.9 Å². The van der Waals surface area contributed by atoms with Gasteiger partial charge in [0.2, 0.25) is 0 Å². The van der Waals surface area contributed by atoms with Crippen LogP contribution in [0.25, 0.3) is 0 Å². The molecule has 4 rings (SSSR count). The molecule has 0 radical (unpaired) electrons. The molecule has 3 aliphatic heterocycles. The maximum Gasteiger partial charge on any atom is 0.0839 e. The molecule has 17 heavy (non-hydrogen) atoms. The summed E-state index contributed by atoms with van der Waals surface area (Å²) in [6, 6.07) is 8.93. The molecule has 0 nitrogen and oxygen atoms in total. The van der Waals surface area contributed by atoms with Gasteiger partial charge in [0, 0.05) is 0 Å². The molecule has 1 aromatic carbocycles. The molecule has 0 N–H and O–H groups in total. The van der Waals surface area contributed by atoms with Crippen molar-refractivity contribution in [2.75, 3.05) is 0 Å². The number of aryl methyl sites for hydroxylation is 2. The van der Waals surface area contributed by atoms with Gasteiger partial charge >= 0.3 is 0 Å². The van der Waals surface area contributed by atoms with Crippen LogP contribution in [0.15, 0.2) is 6.07 Å². The molecular weight excluding hydrogens is 236 g/mol. The lowest BCUT2D eigenvalue weighted by molar-refractivity contribution is 1.09. The molecule has 0 saturated carbocycles. The number of hydrogen-bond donors (Lipinski definition) is 0. The molecule has 0 bridgehead atoms. The third kappa shape index (κ3) is 1.14. The minimum Gasteiger partial charge on any atom is -0.0652 e. The Hall–Kier alpha value is -0.346. The van der Waals surface area contributed by atoms with Crippen molar-refractivity contribution < 1.29 is 0 Å². The van der Waals surface area contributed by atoms with Gasteiger partial charge < -0.3 is 0 Å². The van der Waals surface area contributed by atoms with Gasteiger partial charge in [-0.25, -0.2) is 0 Å². The Morgan fingerprint density at radius 3 is 2.29 bits per heavy atom. The van der Waals surface area contributed by atoms with Crippen molar-refractivity contribution in [3.8, 4) is 0 Å². The summed E-state index contributed by atoms with van der Waals surface area (Å²) in [4.78, 5) is 0. The van der Waals surface area contributed by atoms with E-state index in [4.69, 9.17) is 0 Å². The van der Waals surface area contributed by atoms with Crippen LogP contribution < -0.4 is 10.4 Å². The van der Waals surface area contributed by atoms with E-state index in [1.165, 1.54) is 12.8 Å². The van der Waals surface area contributed by atoms with Crippen molar-refractivity contribution in [3.05, 3.63) is 22.8 Å². The quantitative estimate of drug-likeness (QED) is 0.628. The normalized spacial score (nSPS) is 37.4. The van der Waals surface area contributed by atoms with Crippen molar-refractivity contribution in [2.45, 2.75) is 57.0 Å². The van der Waals surface area contributed by atoms with E-state index in [0.29, 0.717) is 0 Å². The molecule has 0 aromatic heterocycles. The Bertz CT molecular complexity index is 534. The summed E-state index contributed by atoms with van der Waals surface area (Å²) >= 11 is 0. The minimum atomic E-state index is -1.02. The van der Waals surface area contributed by atoms with E-state index >= 15 is 0 Å². The highest BCUT2D eigenvalue weighted by Crippen LogP contribution is 2.41. The van der Waals surface area contributed by atoms with Crippen LogP contribution in [0.1, 0.15) is 16.7 Å². The fourth-order valence-electron chi connectivity index (χ4n) is 4.92. The fraction of sp³-hybridized carbons (Fsp3) is 0.600. The van der Waals surface area contributed by atoms with Crippen molar-refractivity contribution >= 4 is 26.5 Å². The van der Waals surface area contributed by atoms with Crippen LogP contribution in [0.3, 0.4) is 0 Å². The van der Waals surface area contributed by atoms with Crippen molar-refractivity contribution in [3.63, 3.8) is 0 Å². The summed E-state index contributed by atoms with van der Waals surface area (Å²) in [7, 11) is -2.02. The molecule has 0 amide bonds. The van der Waals surface area contributed by atoms with Crippen LogP contribution in [-0.4, -0.2) is 16.1 Å². The van der Waals surface area contributed by atoms with E-state index in [9.17, 15) is 0 Å². The van der Waals surface area contributed by atoms with Gasteiger partial charge in [0.25, 0.3) is 0 Å². The third-order valence-electron chi connectivity index (χ3n) is 6.05. The van der Waals surface area contributed by atoms with E-state index in [2.05, 4.69) is 26.1 Å². The van der Waals surface area contributed by atoms with Gasteiger partial charge in [-0.2, -0.15) is 0 Å². The first-order valence-electron chi connectivity index (χ1n) is 7.20. The maximum atomic E-state index is 2.69. The average Bonchev–Trinajstić information content (AvgIpc) is 2.78. The molecule has 1 aromatic rings. The van der Waals surface area contributed by atoms with Crippen LogP contribution in [0.2, 0.25) is 37.3 Å². The molecule has 0 saturated heterocycles. The largest absolute Gasteiger partial charge is 0.0839 e. The molecule has 2 atom stereocenters. The highest BCUT2D eigenvalue weighted by Gasteiger charge is 2.51. The Labute approximate surface area is 106 Å².